The summed E-state index contributed by atoms with van der Waals surface area (Å²) in [6.07, 6.45) is 0.255. The maximum atomic E-state index is 14.1. The minimum atomic E-state index is -4.14. The van der Waals surface area contributed by atoms with Gasteiger partial charge in [0.15, 0.2) is 0 Å². The van der Waals surface area contributed by atoms with Crippen molar-refractivity contribution in [1.82, 2.24) is 10.2 Å². The Bertz CT molecular complexity index is 1520. The zero-order valence-electron chi connectivity index (χ0n) is 22.0. The first-order valence-corrected chi connectivity index (χ1v) is 14.5. The van der Waals surface area contributed by atoms with Gasteiger partial charge < -0.3 is 10.2 Å². The SMILES string of the molecule is CNC(=O)[C@@H](Cc1ccccc1)N(Cc1ccccc1)C(=O)CN(c1ccc(Cl)cc1)S(=O)(=O)c1ccccc1. The number of benzene rings is 4. The van der Waals surface area contributed by atoms with Gasteiger partial charge in [0.2, 0.25) is 11.8 Å². The van der Waals surface area contributed by atoms with E-state index in [-0.39, 0.29) is 29.5 Å². The van der Waals surface area contributed by atoms with Crippen LogP contribution in [0.15, 0.2) is 120 Å². The van der Waals surface area contributed by atoms with Crippen LogP contribution in [-0.4, -0.2) is 44.8 Å². The Labute approximate surface area is 240 Å². The molecule has 206 valence electrons. The van der Waals surface area contributed by atoms with Gasteiger partial charge >= 0.3 is 0 Å². The third kappa shape index (κ3) is 7.08. The summed E-state index contributed by atoms with van der Waals surface area (Å²) in [6, 6.07) is 32.0. The number of sulfonamides is 1. The fourth-order valence-electron chi connectivity index (χ4n) is 4.36. The van der Waals surface area contributed by atoms with Gasteiger partial charge in [-0.2, -0.15) is 0 Å². The molecule has 0 aliphatic rings. The highest BCUT2D eigenvalue weighted by molar-refractivity contribution is 7.92. The highest BCUT2D eigenvalue weighted by atomic mass is 35.5. The molecule has 9 heteroatoms. The van der Waals surface area contributed by atoms with Crippen LogP contribution < -0.4 is 9.62 Å². The second-order valence-corrected chi connectivity index (χ2v) is 11.4. The largest absolute Gasteiger partial charge is 0.357 e. The lowest BCUT2D eigenvalue weighted by atomic mass is 10.0. The summed E-state index contributed by atoms with van der Waals surface area (Å²) < 4.78 is 28.7. The van der Waals surface area contributed by atoms with Gasteiger partial charge in [-0.05, 0) is 47.5 Å². The average molecular weight is 576 g/mol. The molecule has 0 aliphatic carbocycles. The van der Waals surface area contributed by atoms with Gasteiger partial charge in [-0.15, -0.1) is 0 Å². The molecule has 0 heterocycles. The summed E-state index contributed by atoms with van der Waals surface area (Å²) in [4.78, 5) is 28.8. The van der Waals surface area contributed by atoms with Crippen molar-refractivity contribution in [1.29, 1.82) is 0 Å². The average Bonchev–Trinajstić information content (AvgIpc) is 2.99. The third-order valence-corrected chi connectivity index (χ3v) is 8.48. The second kappa shape index (κ2) is 13.3. The lowest BCUT2D eigenvalue weighted by Gasteiger charge is -2.33. The second-order valence-electron chi connectivity index (χ2n) is 9.13. The minimum absolute atomic E-state index is 0.0412. The number of carbonyl (C=O) groups is 2. The van der Waals surface area contributed by atoms with Crippen LogP contribution in [0.3, 0.4) is 0 Å². The summed E-state index contributed by atoms with van der Waals surface area (Å²) in [5, 5.41) is 3.11. The predicted molar refractivity (Wildman–Crippen MR) is 157 cm³/mol. The molecule has 0 bridgehead atoms. The van der Waals surface area contributed by atoms with Crippen molar-refractivity contribution in [3.8, 4) is 0 Å². The van der Waals surface area contributed by atoms with E-state index in [0.29, 0.717) is 5.02 Å². The number of nitrogens with one attached hydrogen (secondary N) is 1. The zero-order valence-corrected chi connectivity index (χ0v) is 23.6. The fourth-order valence-corrected chi connectivity index (χ4v) is 5.92. The summed E-state index contributed by atoms with van der Waals surface area (Å²) in [5.74, 6) is -0.875. The van der Waals surface area contributed by atoms with E-state index in [1.54, 1.807) is 42.5 Å². The first kappa shape index (κ1) is 28.9. The highest BCUT2D eigenvalue weighted by Crippen LogP contribution is 2.26. The minimum Gasteiger partial charge on any atom is -0.357 e. The van der Waals surface area contributed by atoms with E-state index in [4.69, 9.17) is 11.6 Å². The van der Waals surface area contributed by atoms with Crippen LogP contribution in [0, 0.1) is 0 Å². The van der Waals surface area contributed by atoms with Crippen LogP contribution in [-0.2, 0) is 32.6 Å². The van der Waals surface area contributed by atoms with Gasteiger partial charge in [-0.1, -0.05) is 90.5 Å². The monoisotopic (exact) mass is 575 g/mol. The molecule has 2 amide bonds. The van der Waals surface area contributed by atoms with E-state index >= 15 is 0 Å². The van der Waals surface area contributed by atoms with Gasteiger partial charge in [0, 0.05) is 25.0 Å². The van der Waals surface area contributed by atoms with Crippen molar-refractivity contribution in [2.24, 2.45) is 0 Å². The van der Waals surface area contributed by atoms with E-state index in [9.17, 15) is 18.0 Å². The van der Waals surface area contributed by atoms with Crippen LogP contribution in [0.2, 0.25) is 5.02 Å². The molecule has 4 aromatic carbocycles. The Hall–Kier alpha value is -4.14. The summed E-state index contributed by atoms with van der Waals surface area (Å²) in [7, 11) is -2.62. The molecule has 0 aromatic heterocycles. The van der Waals surface area contributed by atoms with Gasteiger partial charge in [-0.25, -0.2) is 8.42 Å². The number of anilines is 1. The van der Waals surface area contributed by atoms with E-state index in [1.807, 2.05) is 60.7 Å². The van der Waals surface area contributed by atoms with Gasteiger partial charge in [0.1, 0.15) is 12.6 Å². The maximum Gasteiger partial charge on any atom is 0.264 e. The molecule has 7 nitrogen and oxygen atoms in total. The number of hydrogen-bond donors (Lipinski definition) is 1. The molecular formula is C31H30ClN3O4S. The van der Waals surface area contributed by atoms with Gasteiger partial charge in [-0.3, -0.25) is 13.9 Å². The van der Waals surface area contributed by atoms with Crippen LogP contribution in [0.25, 0.3) is 0 Å². The van der Waals surface area contributed by atoms with Crippen LogP contribution in [0.4, 0.5) is 5.69 Å². The Balaban J connectivity index is 1.76. The van der Waals surface area contributed by atoms with Crippen molar-refractivity contribution >= 4 is 39.1 Å². The molecule has 40 heavy (non-hydrogen) atoms. The fraction of sp³-hybridized carbons (Fsp3) is 0.161. The lowest BCUT2D eigenvalue weighted by molar-refractivity contribution is -0.139. The Morgan fingerprint density at radius 2 is 1.30 bits per heavy atom. The Morgan fingerprint density at radius 3 is 1.85 bits per heavy atom. The molecular weight excluding hydrogens is 546 g/mol. The topological polar surface area (TPSA) is 86.8 Å². The molecule has 0 saturated heterocycles. The smallest absolute Gasteiger partial charge is 0.264 e. The molecule has 4 rings (SSSR count). The molecule has 4 aromatic rings. The van der Waals surface area contributed by atoms with Crippen molar-refractivity contribution in [3.05, 3.63) is 131 Å². The number of likely N-dealkylation sites (N-methyl/N-ethyl adjacent to an activating group) is 1. The number of halogens is 1. The summed E-state index contributed by atoms with van der Waals surface area (Å²) >= 11 is 6.08. The highest BCUT2D eigenvalue weighted by Gasteiger charge is 2.34. The molecule has 0 radical (unpaired) electrons. The van der Waals surface area contributed by atoms with E-state index in [2.05, 4.69) is 5.32 Å². The van der Waals surface area contributed by atoms with Gasteiger partial charge in [0.25, 0.3) is 10.0 Å². The van der Waals surface area contributed by atoms with Crippen molar-refractivity contribution in [3.63, 3.8) is 0 Å². The van der Waals surface area contributed by atoms with E-state index in [1.165, 1.54) is 24.1 Å². The third-order valence-electron chi connectivity index (χ3n) is 6.44. The van der Waals surface area contributed by atoms with E-state index in [0.717, 1.165) is 15.4 Å². The first-order valence-electron chi connectivity index (χ1n) is 12.7. The number of amides is 2. The predicted octanol–water partition coefficient (Wildman–Crippen LogP) is 4.92. The number of rotatable bonds is 11. The van der Waals surface area contributed by atoms with Crippen molar-refractivity contribution in [2.45, 2.75) is 23.9 Å². The molecule has 0 aliphatic heterocycles. The van der Waals surface area contributed by atoms with Crippen LogP contribution >= 0.6 is 11.6 Å². The molecule has 0 unspecified atom stereocenters. The van der Waals surface area contributed by atoms with Crippen LogP contribution in [0.5, 0.6) is 0 Å². The Kier molecular flexibility index (Phi) is 9.58. The van der Waals surface area contributed by atoms with Crippen molar-refractivity contribution < 1.29 is 18.0 Å². The zero-order chi connectivity index (χ0) is 28.5. The van der Waals surface area contributed by atoms with Gasteiger partial charge in [0.05, 0.1) is 10.6 Å². The molecule has 0 saturated carbocycles. The number of nitrogens with zero attached hydrogens (tertiary/aromatic N) is 2. The standard InChI is InChI=1S/C31H30ClN3O4S/c1-33-31(37)29(21-24-11-5-2-6-12-24)34(22-25-13-7-3-8-14-25)30(36)23-35(27-19-17-26(32)18-20-27)40(38,39)28-15-9-4-10-16-28/h2-20,29H,21-23H2,1H3,(H,33,37)/t29-/m1/s1. The maximum absolute atomic E-state index is 14.1. The normalized spacial score (nSPS) is 11.8. The first-order chi connectivity index (χ1) is 19.3. The molecule has 1 atom stereocenters. The van der Waals surface area contributed by atoms with Crippen molar-refractivity contribution in [2.75, 3.05) is 17.9 Å². The Morgan fingerprint density at radius 1 is 0.775 bits per heavy atom. The summed E-state index contributed by atoms with van der Waals surface area (Å²) in [6.45, 7) is -0.404. The number of carbonyl (C=O) groups excluding carboxylic acids is 2. The van der Waals surface area contributed by atoms with Crippen LogP contribution in [0.1, 0.15) is 11.1 Å². The molecule has 0 spiro atoms. The van der Waals surface area contributed by atoms with E-state index < -0.39 is 28.5 Å². The number of hydrogen-bond acceptors (Lipinski definition) is 4. The molecule has 1 N–H and O–H groups in total. The lowest BCUT2D eigenvalue weighted by Crippen LogP contribution is -2.53. The summed E-state index contributed by atoms with van der Waals surface area (Å²) in [5.41, 5.74) is 1.95. The quantitative estimate of drug-likeness (QED) is 0.275. The molecule has 0 fully saturated rings.